The van der Waals surface area contributed by atoms with Gasteiger partial charge in [-0.3, -0.25) is 4.79 Å². The number of ether oxygens (including phenoxy) is 1. The number of carboxylic acid groups (broad SMARTS) is 1. The molecule has 122 valence electrons. The lowest BCUT2D eigenvalue weighted by molar-refractivity contribution is -0.140. The van der Waals surface area contributed by atoms with E-state index >= 15 is 0 Å². The van der Waals surface area contributed by atoms with Crippen molar-refractivity contribution >= 4 is 39.4 Å². The highest BCUT2D eigenvalue weighted by molar-refractivity contribution is 9.10. The maximum absolute atomic E-state index is 12.1. The fourth-order valence-electron chi connectivity index (χ4n) is 1.65. The first-order valence-electron chi connectivity index (χ1n) is 6.73. The lowest BCUT2D eigenvalue weighted by atomic mass is 10.1. The zero-order chi connectivity index (χ0) is 16.9. The molecule has 0 fully saturated rings. The molecule has 0 saturated carbocycles. The number of halogens is 2. The molecule has 1 rings (SSSR count). The summed E-state index contributed by atoms with van der Waals surface area (Å²) in [6.45, 7) is 5.86. The van der Waals surface area contributed by atoms with Gasteiger partial charge in [0.25, 0.3) is 5.91 Å². The van der Waals surface area contributed by atoms with E-state index in [0.717, 1.165) is 4.47 Å². The smallest absolute Gasteiger partial charge is 0.326 e. The van der Waals surface area contributed by atoms with Crippen LogP contribution < -0.4 is 5.32 Å². The molecular formula is C15H19BrClNO4. The summed E-state index contributed by atoms with van der Waals surface area (Å²) in [6.07, 6.45) is 0.173. The van der Waals surface area contributed by atoms with Crippen LogP contribution in [0.4, 0.5) is 0 Å². The van der Waals surface area contributed by atoms with E-state index in [2.05, 4.69) is 21.2 Å². The van der Waals surface area contributed by atoms with E-state index < -0.39 is 17.9 Å². The molecule has 0 bridgehead atoms. The number of rotatable bonds is 6. The lowest BCUT2D eigenvalue weighted by Crippen LogP contribution is -2.42. The van der Waals surface area contributed by atoms with Gasteiger partial charge in [0.05, 0.1) is 16.2 Å². The SMILES string of the molecule is CC(C)(C)OCCC(NC(=O)c1ccc(Br)cc1Cl)C(=O)O. The molecular weight excluding hydrogens is 374 g/mol. The van der Waals surface area contributed by atoms with Crippen LogP contribution in [0, 0.1) is 0 Å². The van der Waals surface area contributed by atoms with Crippen LogP contribution in [0.5, 0.6) is 0 Å². The Morgan fingerprint density at radius 2 is 2.05 bits per heavy atom. The van der Waals surface area contributed by atoms with Crippen LogP contribution in [0.15, 0.2) is 22.7 Å². The van der Waals surface area contributed by atoms with Crippen molar-refractivity contribution in [3.05, 3.63) is 33.3 Å². The molecule has 1 aromatic carbocycles. The Morgan fingerprint density at radius 3 is 2.55 bits per heavy atom. The summed E-state index contributed by atoms with van der Waals surface area (Å²) in [4.78, 5) is 23.4. The minimum absolute atomic E-state index is 0.173. The number of benzene rings is 1. The van der Waals surface area contributed by atoms with Crippen molar-refractivity contribution < 1.29 is 19.4 Å². The predicted octanol–water partition coefficient (Wildman–Crippen LogP) is 3.49. The summed E-state index contributed by atoms with van der Waals surface area (Å²) >= 11 is 9.23. The summed E-state index contributed by atoms with van der Waals surface area (Å²) in [5.41, 5.74) is -0.130. The fourth-order valence-corrected chi connectivity index (χ4v) is 2.41. The maximum Gasteiger partial charge on any atom is 0.326 e. The third-order valence-corrected chi connectivity index (χ3v) is 3.53. The maximum atomic E-state index is 12.1. The number of carboxylic acids is 1. The zero-order valence-electron chi connectivity index (χ0n) is 12.7. The highest BCUT2D eigenvalue weighted by atomic mass is 79.9. The summed E-state index contributed by atoms with van der Waals surface area (Å²) in [6, 6.07) is 3.75. The van der Waals surface area contributed by atoms with E-state index in [-0.39, 0.29) is 29.2 Å². The van der Waals surface area contributed by atoms with Gasteiger partial charge in [-0.2, -0.15) is 0 Å². The van der Waals surface area contributed by atoms with Crippen molar-refractivity contribution in [1.82, 2.24) is 5.32 Å². The number of aliphatic carboxylic acids is 1. The van der Waals surface area contributed by atoms with Gasteiger partial charge in [0.1, 0.15) is 6.04 Å². The van der Waals surface area contributed by atoms with Crippen molar-refractivity contribution in [2.75, 3.05) is 6.61 Å². The zero-order valence-corrected chi connectivity index (χ0v) is 15.0. The Kier molecular flexibility index (Phi) is 6.84. The van der Waals surface area contributed by atoms with Gasteiger partial charge >= 0.3 is 5.97 Å². The van der Waals surface area contributed by atoms with Crippen molar-refractivity contribution in [2.45, 2.75) is 38.8 Å². The van der Waals surface area contributed by atoms with Crippen LogP contribution in [0.2, 0.25) is 5.02 Å². The van der Waals surface area contributed by atoms with E-state index in [0.29, 0.717) is 0 Å². The first kappa shape index (κ1) is 18.9. The number of hydrogen-bond donors (Lipinski definition) is 2. The molecule has 0 heterocycles. The van der Waals surface area contributed by atoms with Gasteiger partial charge in [-0.1, -0.05) is 27.5 Å². The molecule has 0 aliphatic rings. The summed E-state index contributed by atoms with van der Waals surface area (Å²) in [5.74, 6) is -1.64. The first-order chi connectivity index (χ1) is 10.1. The van der Waals surface area contributed by atoms with Crippen LogP contribution in [0.1, 0.15) is 37.6 Å². The van der Waals surface area contributed by atoms with Crippen LogP contribution in [0.25, 0.3) is 0 Å². The Balaban J connectivity index is 2.70. The Morgan fingerprint density at radius 1 is 1.41 bits per heavy atom. The number of carbonyl (C=O) groups excluding carboxylic acids is 1. The minimum atomic E-state index is -1.11. The Hall–Kier alpha value is -1.11. The van der Waals surface area contributed by atoms with Crippen molar-refractivity contribution in [2.24, 2.45) is 0 Å². The monoisotopic (exact) mass is 391 g/mol. The molecule has 0 aliphatic heterocycles. The lowest BCUT2D eigenvalue weighted by Gasteiger charge is -2.21. The summed E-state index contributed by atoms with van der Waals surface area (Å²) in [7, 11) is 0. The normalized spacial score (nSPS) is 12.8. The number of nitrogens with one attached hydrogen (secondary N) is 1. The third kappa shape index (κ3) is 6.34. The van der Waals surface area contributed by atoms with Gasteiger partial charge < -0.3 is 15.2 Å². The molecule has 0 spiro atoms. The van der Waals surface area contributed by atoms with Crippen molar-refractivity contribution in [1.29, 1.82) is 0 Å². The van der Waals surface area contributed by atoms with E-state index in [1.807, 2.05) is 20.8 Å². The molecule has 1 aromatic rings. The van der Waals surface area contributed by atoms with Crippen LogP contribution in [0.3, 0.4) is 0 Å². The Bertz CT molecular complexity index is 557. The van der Waals surface area contributed by atoms with Crippen LogP contribution in [-0.2, 0) is 9.53 Å². The Labute approximate surface area is 143 Å². The second-order valence-electron chi connectivity index (χ2n) is 5.74. The average molecular weight is 393 g/mol. The first-order valence-corrected chi connectivity index (χ1v) is 7.90. The van der Waals surface area contributed by atoms with Gasteiger partial charge in [0.2, 0.25) is 0 Å². The molecule has 0 aromatic heterocycles. The quantitative estimate of drug-likeness (QED) is 0.777. The average Bonchev–Trinajstić information content (AvgIpc) is 2.35. The largest absolute Gasteiger partial charge is 0.480 e. The molecule has 1 unspecified atom stereocenters. The number of hydrogen-bond acceptors (Lipinski definition) is 3. The molecule has 0 radical (unpaired) electrons. The molecule has 1 atom stereocenters. The molecule has 22 heavy (non-hydrogen) atoms. The van der Waals surface area contributed by atoms with Crippen LogP contribution >= 0.6 is 27.5 Å². The van der Waals surface area contributed by atoms with E-state index in [9.17, 15) is 14.7 Å². The van der Waals surface area contributed by atoms with Gasteiger partial charge in [-0.25, -0.2) is 4.79 Å². The topological polar surface area (TPSA) is 75.6 Å². The molecule has 7 heteroatoms. The molecule has 2 N–H and O–H groups in total. The highest BCUT2D eigenvalue weighted by Gasteiger charge is 2.22. The molecule has 1 amide bonds. The van der Waals surface area contributed by atoms with Crippen LogP contribution in [-0.4, -0.2) is 35.2 Å². The number of carbonyl (C=O) groups is 2. The third-order valence-electron chi connectivity index (χ3n) is 2.72. The highest BCUT2D eigenvalue weighted by Crippen LogP contribution is 2.21. The van der Waals surface area contributed by atoms with Gasteiger partial charge in [-0.05, 0) is 39.0 Å². The molecule has 5 nitrogen and oxygen atoms in total. The second-order valence-corrected chi connectivity index (χ2v) is 7.06. The van der Waals surface area contributed by atoms with E-state index in [4.69, 9.17) is 16.3 Å². The van der Waals surface area contributed by atoms with Crippen molar-refractivity contribution in [3.63, 3.8) is 0 Å². The fraction of sp³-hybridized carbons (Fsp3) is 0.467. The molecule has 0 aliphatic carbocycles. The predicted molar refractivity (Wildman–Crippen MR) is 88.4 cm³/mol. The van der Waals surface area contributed by atoms with E-state index in [1.54, 1.807) is 12.1 Å². The van der Waals surface area contributed by atoms with Gasteiger partial charge in [-0.15, -0.1) is 0 Å². The summed E-state index contributed by atoms with van der Waals surface area (Å²) in [5, 5.41) is 11.9. The molecule has 0 saturated heterocycles. The number of amides is 1. The van der Waals surface area contributed by atoms with E-state index in [1.165, 1.54) is 6.07 Å². The minimum Gasteiger partial charge on any atom is -0.480 e. The van der Waals surface area contributed by atoms with Gasteiger partial charge in [0, 0.05) is 17.5 Å². The summed E-state index contributed by atoms with van der Waals surface area (Å²) < 4.78 is 6.23. The van der Waals surface area contributed by atoms with Gasteiger partial charge in [0.15, 0.2) is 0 Å². The van der Waals surface area contributed by atoms with Crippen molar-refractivity contribution in [3.8, 4) is 0 Å². The standard InChI is InChI=1S/C15H19BrClNO4/c1-15(2,3)22-7-6-12(14(20)21)18-13(19)10-5-4-9(16)8-11(10)17/h4-5,8,12H,6-7H2,1-3H3,(H,18,19)(H,20,21). The second kappa shape index (κ2) is 7.94.